The van der Waals surface area contributed by atoms with Gasteiger partial charge in [0.1, 0.15) is 0 Å². The molecule has 2 saturated heterocycles. The van der Waals surface area contributed by atoms with E-state index in [0.29, 0.717) is 39.0 Å². The Kier molecular flexibility index (Phi) is 4.50. The van der Waals surface area contributed by atoms with E-state index in [-0.39, 0.29) is 11.5 Å². The maximum atomic E-state index is 11.7. The molecule has 6 heteroatoms. The number of sulfonamides is 1. The maximum Gasteiger partial charge on any atom is 0.211 e. The van der Waals surface area contributed by atoms with Gasteiger partial charge in [-0.15, -0.1) is 0 Å². The van der Waals surface area contributed by atoms with Crippen molar-refractivity contribution in [3.8, 4) is 0 Å². The Hall–Kier alpha value is -0.170. The van der Waals surface area contributed by atoms with Crippen LogP contribution in [-0.2, 0) is 14.8 Å². The number of hydrogen-bond acceptors (Lipinski definition) is 4. The highest BCUT2D eigenvalue weighted by Gasteiger charge is 2.41. The SMILES string of the molecule is CC1(C)CC(O)(CC2CCCN(S(C)(=O)=O)C2)CCO1. The summed E-state index contributed by atoms with van der Waals surface area (Å²) in [6.07, 6.45) is 5.08. The first-order valence-electron chi connectivity index (χ1n) is 7.41. The zero-order valence-electron chi connectivity index (χ0n) is 12.8. The first kappa shape index (κ1) is 16.2. The Morgan fingerprint density at radius 1 is 1.40 bits per heavy atom. The van der Waals surface area contributed by atoms with Crippen LogP contribution in [0.15, 0.2) is 0 Å². The van der Waals surface area contributed by atoms with Crippen molar-refractivity contribution in [1.29, 1.82) is 0 Å². The molecule has 0 spiro atoms. The lowest BCUT2D eigenvalue weighted by Gasteiger charge is -2.44. The molecule has 0 aromatic heterocycles. The van der Waals surface area contributed by atoms with E-state index in [0.717, 1.165) is 12.8 Å². The smallest absolute Gasteiger partial charge is 0.211 e. The molecular weight excluding hydrogens is 278 g/mol. The quantitative estimate of drug-likeness (QED) is 0.855. The highest BCUT2D eigenvalue weighted by molar-refractivity contribution is 7.88. The Bertz CT molecular complexity index is 448. The molecule has 2 atom stereocenters. The molecule has 0 aromatic carbocycles. The summed E-state index contributed by atoms with van der Waals surface area (Å²) < 4.78 is 30.5. The average molecular weight is 305 g/mol. The Balaban J connectivity index is 1.99. The molecule has 0 bridgehead atoms. The lowest BCUT2D eigenvalue weighted by molar-refractivity contribution is -0.152. The molecule has 2 heterocycles. The molecule has 2 fully saturated rings. The molecule has 118 valence electrons. The van der Waals surface area contributed by atoms with Crippen LogP contribution in [0.4, 0.5) is 0 Å². The fourth-order valence-corrected chi connectivity index (χ4v) is 4.60. The Morgan fingerprint density at radius 2 is 2.10 bits per heavy atom. The molecule has 20 heavy (non-hydrogen) atoms. The summed E-state index contributed by atoms with van der Waals surface area (Å²) in [4.78, 5) is 0. The summed E-state index contributed by atoms with van der Waals surface area (Å²) >= 11 is 0. The van der Waals surface area contributed by atoms with Gasteiger partial charge in [0.2, 0.25) is 10.0 Å². The first-order chi connectivity index (χ1) is 9.10. The summed E-state index contributed by atoms with van der Waals surface area (Å²) in [7, 11) is -3.12. The molecule has 0 radical (unpaired) electrons. The minimum Gasteiger partial charge on any atom is -0.390 e. The van der Waals surface area contributed by atoms with E-state index in [1.807, 2.05) is 13.8 Å². The molecule has 2 rings (SSSR count). The molecule has 2 aliphatic rings. The topological polar surface area (TPSA) is 66.8 Å². The van der Waals surface area contributed by atoms with Crippen LogP contribution >= 0.6 is 0 Å². The largest absolute Gasteiger partial charge is 0.390 e. The van der Waals surface area contributed by atoms with Gasteiger partial charge in [0.05, 0.1) is 24.1 Å². The van der Waals surface area contributed by atoms with Crippen molar-refractivity contribution in [3.63, 3.8) is 0 Å². The second-order valence-corrected chi connectivity index (χ2v) is 9.08. The average Bonchev–Trinajstić information content (AvgIpc) is 2.25. The molecule has 2 unspecified atom stereocenters. The molecule has 0 amide bonds. The first-order valence-corrected chi connectivity index (χ1v) is 9.26. The monoisotopic (exact) mass is 305 g/mol. The molecule has 1 N–H and O–H groups in total. The molecule has 0 aliphatic carbocycles. The van der Waals surface area contributed by atoms with Crippen LogP contribution in [0.1, 0.15) is 46.0 Å². The van der Waals surface area contributed by atoms with Gasteiger partial charge in [0.15, 0.2) is 0 Å². The van der Waals surface area contributed by atoms with E-state index >= 15 is 0 Å². The summed E-state index contributed by atoms with van der Waals surface area (Å²) in [5.74, 6) is 0.248. The third-order valence-electron chi connectivity index (χ3n) is 4.43. The molecule has 0 aromatic rings. The highest BCUT2D eigenvalue weighted by atomic mass is 32.2. The normalized spacial score (nSPS) is 35.9. The minimum atomic E-state index is -3.12. The van der Waals surface area contributed by atoms with Gasteiger partial charge in [-0.2, -0.15) is 0 Å². The van der Waals surface area contributed by atoms with Crippen LogP contribution in [-0.4, -0.2) is 55.0 Å². The fourth-order valence-electron chi connectivity index (χ4n) is 3.66. The summed E-state index contributed by atoms with van der Waals surface area (Å²) in [6.45, 7) is 5.73. The van der Waals surface area contributed by atoms with Crippen molar-refractivity contribution in [1.82, 2.24) is 4.31 Å². The van der Waals surface area contributed by atoms with Crippen molar-refractivity contribution >= 4 is 10.0 Å². The van der Waals surface area contributed by atoms with Gasteiger partial charge in [0.25, 0.3) is 0 Å². The van der Waals surface area contributed by atoms with E-state index in [1.54, 1.807) is 4.31 Å². The lowest BCUT2D eigenvalue weighted by atomic mass is 9.77. The van der Waals surface area contributed by atoms with Crippen molar-refractivity contribution < 1.29 is 18.3 Å². The van der Waals surface area contributed by atoms with E-state index in [1.165, 1.54) is 6.26 Å². The van der Waals surface area contributed by atoms with Gasteiger partial charge >= 0.3 is 0 Å². The second-order valence-electron chi connectivity index (χ2n) is 7.09. The van der Waals surface area contributed by atoms with Crippen molar-refractivity contribution in [2.24, 2.45) is 5.92 Å². The van der Waals surface area contributed by atoms with Crippen LogP contribution in [0.25, 0.3) is 0 Å². The van der Waals surface area contributed by atoms with Crippen LogP contribution < -0.4 is 0 Å². The number of rotatable bonds is 3. The molecule has 5 nitrogen and oxygen atoms in total. The zero-order chi connectivity index (χ0) is 15.0. The van der Waals surface area contributed by atoms with Crippen LogP contribution in [0.5, 0.6) is 0 Å². The number of nitrogens with zero attached hydrogens (tertiary/aromatic N) is 1. The standard InChI is InChI=1S/C14H27NO4S/c1-13(2)11-14(16,6-8-19-13)9-12-5-4-7-15(10-12)20(3,17)18/h12,16H,4-11H2,1-3H3. The van der Waals surface area contributed by atoms with Gasteiger partial charge < -0.3 is 9.84 Å². The Morgan fingerprint density at radius 3 is 2.70 bits per heavy atom. The van der Waals surface area contributed by atoms with E-state index in [4.69, 9.17) is 4.74 Å². The van der Waals surface area contributed by atoms with Crippen molar-refractivity contribution in [2.45, 2.75) is 57.2 Å². The number of piperidine rings is 1. The molecular formula is C14H27NO4S. The van der Waals surface area contributed by atoms with Gasteiger partial charge in [-0.1, -0.05) is 0 Å². The van der Waals surface area contributed by atoms with E-state index in [2.05, 4.69) is 0 Å². The van der Waals surface area contributed by atoms with Crippen LogP contribution in [0.3, 0.4) is 0 Å². The van der Waals surface area contributed by atoms with E-state index < -0.39 is 15.6 Å². The second kappa shape index (κ2) is 5.55. The van der Waals surface area contributed by atoms with Crippen molar-refractivity contribution in [3.05, 3.63) is 0 Å². The minimum absolute atomic E-state index is 0.248. The van der Waals surface area contributed by atoms with Crippen LogP contribution in [0.2, 0.25) is 0 Å². The third kappa shape index (κ3) is 4.16. The predicted octanol–water partition coefficient (Wildman–Crippen LogP) is 1.37. The number of ether oxygens (including phenoxy) is 1. The van der Waals surface area contributed by atoms with Gasteiger partial charge in [0, 0.05) is 19.5 Å². The summed E-state index contributed by atoms with van der Waals surface area (Å²) in [6, 6.07) is 0. The fraction of sp³-hybridized carbons (Fsp3) is 1.00. The number of hydrogen-bond donors (Lipinski definition) is 1. The van der Waals surface area contributed by atoms with E-state index in [9.17, 15) is 13.5 Å². The van der Waals surface area contributed by atoms with Crippen molar-refractivity contribution in [2.75, 3.05) is 26.0 Å². The summed E-state index contributed by atoms with van der Waals surface area (Å²) in [5.41, 5.74) is -1.01. The third-order valence-corrected chi connectivity index (χ3v) is 5.70. The van der Waals surface area contributed by atoms with Gasteiger partial charge in [-0.05, 0) is 45.4 Å². The maximum absolute atomic E-state index is 11.7. The van der Waals surface area contributed by atoms with Gasteiger partial charge in [-0.3, -0.25) is 0 Å². The zero-order valence-corrected chi connectivity index (χ0v) is 13.6. The summed E-state index contributed by atoms with van der Waals surface area (Å²) in [5, 5.41) is 10.8. The predicted molar refractivity (Wildman–Crippen MR) is 78.0 cm³/mol. The lowest BCUT2D eigenvalue weighted by Crippen LogP contribution is -2.49. The Labute approximate surface area is 122 Å². The number of aliphatic hydroxyl groups is 1. The van der Waals surface area contributed by atoms with Crippen LogP contribution in [0, 0.1) is 5.92 Å². The molecule has 0 saturated carbocycles. The van der Waals surface area contributed by atoms with Gasteiger partial charge in [-0.25, -0.2) is 12.7 Å². The highest BCUT2D eigenvalue weighted by Crippen LogP contribution is 2.38. The molecule has 2 aliphatic heterocycles.